The third kappa shape index (κ3) is 8.63. The highest BCUT2D eigenvalue weighted by atomic mass is 16.6. The number of anilines is 1. The minimum atomic E-state index is -0.624. The van der Waals surface area contributed by atoms with Gasteiger partial charge in [-0.1, -0.05) is 12.1 Å². The van der Waals surface area contributed by atoms with Crippen LogP contribution in [0.2, 0.25) is 0 Å². The van der Waals surface area contributed by atoms with E-state index in [1.807, 2.05) is 12.3 Å². The van der Waals surface area contributed by atoms with Crippen molar-refractivity contribution in [2.75, 3.05) is 45.4 Å². The van der Waals surface area contributed by atoms with Gasteiger partial charge >= 0.3 is 12.1 Å². The molecule has 0 unspecified atom stereocenters. The summed E-state index contributed by atoms with van der Waals surface area (Å²) in [4.78, 5) is 37.2. The van der Waals surface area contributed by atoms with Crippen molar-refractivity contribution in [2.24, 2.45) is 0 Å². The van der Waals surface area contributed by atoms with E-state index in [1.54, 1.807) is 60.7 Å². The number of hydrogen-bond acceptors (Lipinski definition) is 9. The molecule has 0 saturated carbocycles. The van der Waals surface area contributed by atoms with Gasteiger partial charge in [0.15, 0.2) is 5.69 Å². The van der Waals surface area contributed by atoms with Crippen molar-refractivity contribution in [2.45, 2.75) is 51.8 Å². The van der Waals surface area contributed by atoms with Gasteiger partial charge in [0.2, 0.25) is 0 Å². The Balaban J connectivity index is 1.32. The minimum absolute atomic E-state index is 0.0533. The van der Waals surface area contributed by atoms with Gasteiger partial charge in [-0.25, -0.2) is 9.59 Å². The molecule has 3 aromatic rings. The van der Waals surface area contributed by atoms with Crippen LogP contribution in [-0.2, 0) is 25.5 Å². The number of esters is 1. The summed E-state index contributed by atoms with van der Waals surface area (Å²) >= 11 is 0. The van der Waals surface area contributed by atoms with E-state index in [-0.39, 0.29) is 23.3 Å². The Morgan fingerprint density at radius 3 is 2.62 bits per heavy atom. The molecule has 0 spiro atoms. The summed E-state index contributed by atoms with van der Waals surface area (Å²) in [6.07, 6.45) is 6.31. The fourth-order valence-electron chi connectivity index (χ4n) is 4.34. The van der Waals surface area contributed by atoms with Crippen LogP contribution in [0.25, 0.3) is 11.1 Å². The number of amides is 2. The molecule has 2 amide bonds. The highest BCUT2D eigenvalue weighted by Crippen LogP contribution is 2.26. The van der Waals surface area contributed by atoms with Crippen LogP contribution in [0.3, 0.4) is 0 Å². The molecule has 1 aliphatic rings. The molecule has 4 rings (SSSR count). The van der Waals surface area contributed by atoms with E-state index in [2.05, 4.69) is 20.8 Å². The smallest absolute Gasteiger partial charge is 0.407 e. The first-order valence-corrected chi connectivity index (χ1v) is 13.9. The van der Waals surface area contributed by atoms with E-state index in [0.717, 1.165) is 24.0 Å². The van der Waals surface area contributed by atoms with Crippen molar-refractivity contribution in [3.05, 3.63) is 54.1 Å². The zero-order valence-electron chi connectivity index (χ0n) is 24.4. The van der Waals surface area contributed by atoms with Crippen molar-refractivity contribution in [3.8, 4) is 11.1 Å². The molecular weight excluding hydrogens is 544 g/mol. The van der Waals surface area contributed by atoms with E-state index in [1.165, 1.54) is 7.11 Å². The van der Waals surface area contributed by atoms with Crippen LogP contribution in [0.15, 0.2) is 42.9 Å². The van der Waals surface area contributed by atoms with Gasteiger partial charge in [-0.15, -0.1) is 0 Å². The second-order valence-corrected chi connectivity index (χ2v) is 10.8. The molecule has 2 aromatic heterocycles. The van der Waals surface area contributed by atoms with E-state index in [4.69, 9.17) is 18.9 Å². The lowest BCUT2D eigenvalue weighted by atomic mass is 10.1. The molecule has 3 heterocycles. The van der Waals surface area contributed by atoms with Gasteiger partial charge in [-0.2, -0.15) is 10.2 Å². The van der Waals surface area contributed by atoms with Crippen LogP contribution in [0.4, 0.5) is 10.5 Å². The van der Waals surface area contributed by atoms with E-state index in [9.17, 15) is 14.4 Å². The number of aromatic nitrogens is 4. The van der Waals surface area contributed by atoms with Crippen molar-refractivity contribution in [1.82, 2.24) is 24.9 Å². The second kappa shape index (κ2) is 14.1. The largest absolute Gasteiger partial charge is 0.464 e. The number of rotatable bonds is 11. The molecule has 42 heavy (non-hydrogen) atoms. The summed E-state index contributed by atoms with van der Waals surface area (Å²) in [7, 11) is 1.28. The number of hydrogen-bond donors (Lipinski definition) is 2. The van der Waals surface area contributed by atoms with Gasteiger partial charge in [-0.05, 0) is 51.3 Å². The average molecular weight is 583 g/mol. The molecule has 1 aliphatic heterocycles. The van der Waals surface area contributed by atoms with E-state index in [0.29, 0.717) is 45.1 Å². The maximum Gasteiger partial charge on any atom is 0.407 e. The van der Waals surface area contributed by atoms with Crippen LogP contribution in [0, 0.1) is 0 Å². The Hall–Kier alpha value is -4.23. The standard InChI is InChI=1S/C29H38N6O7/c1-29(2,3)42-28(38)30-10-14-41-15-11-34-18-22(17-31-34)20-6-5-7-21(16-20)26(36)32-24-19-35(23-8-12-40-13-9-23)33-25(24)27(37)39-4/h5-7,16-19,23H,8-15H2,1-4H3,(H,30,38)(H,32,36). The maximum atomic E-state index is 13.2. The number of benzene rings is 1. The SMILES string of the molecule is COC(=O)c1nn(C2CCOCC2)cc1NC(=O)c1cccc(-c2cnn(CCOCCNC(=O)OC(C)(C)C)c2)c1. The van der Waals surface area contributed by atoms with E-state index < -0.39 is 17.7 Å². The van der Waals surface area contributed by atoms with Gasteiger partial charge in [0.05, 0.1) is 44.8 Å². The molecule has 226 valence electrons. The highest BCUT2D eigenvalue weighted by molar-refractivity contribution is 6.07. The highest BCUT2D eigenvalue weighted by Gasteiger charge is 2.24. The first-order chi connectivity index (χ1) is 20.1. The van der Waals surface area contributed by atoms with E-state index >= 15 is 0 Å². The van der Waals surface area contributed by atoms with Crippen molar-refractivity contribution in [1.29, 1.82) is 0 Å². The normalized spacial score (nSPS) is 13.9. The predicted octanol–water partition coefficient (Wildman–Crippen LogP) is 3.68. The monoisotopic (exact) mass is 582 g/mol. The number of carbonyl (C=O) groups excluding carboxylic acids is 3. The van der Waals surface area contributed by atoms with Crippen LogP contribution >= 0.6 is 0 Å². The summed E-state index contributed by atoms with van der Waals surface area (Å²) in [6, 6.07) is 7.21. The first-order valence-electron chi connectivity index (χ1n) is 13.9. The number of nitrogens with zero attached hydrogens (tertiary/aromatic N) is 4. The minimum Gasteiger partial charge on any atom is -0.464 e. The van der Waals surface area contributed by atoms with Gasteiger partial charge in [0.1, 0.15) is 5.60 Å². The van der Waals surface area contributed by atoms with Gasteiger partial charge in [-0.3, -0.25) is 14.2 Å². The van der Waals surface area contributed by atoms with Gasteiger partial charge in [0, 0.05) is 43.3 Å². The summed E-state index contributed by atoms with van der Waals surface area (Å²) in [5.74, 6) is -1.00. The molecule has 2 N–H and O–H groups in total. The summed E-state index contributed by atoms with van der Waals surface area (Å²) in [5, 5.41) is 14.3. The Bertz CT molecular complexity index is 1370. The molecular formula is C29H38N6O7. The lowest BCUT2D eigenvalue weighted by Gasteiger charge is -2.22. The fourth-order valence-corrected chi connectivity index (χ4v) is 4.34. The molecule has 1 aromatic carbocycles. The molecule has 13 nitrogen and oxygen atoms in total. The average Bonchev–Trinajstić information content (AvgIpc) is 3.62. The van der Waals surface area contributed by atoms with Crippen LogP contribution in [0.1, 0.15) is 60.5 Å². The van der Waals surface area contributed by atoms with Crippen molar-refractivity contribution in [3.63, 3.8) is 0 Å². The first kappa shape index (κ1) is 30.7. The summed E-state index contributed by atoms with van der Waals surface area (Å²) in [6.45, 7) is 8.25. The van der Waals surface area contributed by atoms with Crippen LogP contribution < -0.4 is 10.6 Å². The lowest BCUT2D eigenvalue weighted by Crippen LogP contribution is -2.34. The van der Waals surface area contributed by atoms with Crippen LogP contribution in [-0.4, -0.2) is 83.2 Å². The molecule has 13 heteroatoms. The molecule has 0 bridgehead atoms. The zero-order chi connectivity index (χ0) is 30.1. The number of nitrogens with one attached hydrogen (secondary N) is 2. The zero-order valence-corrected chi connectivity index (χ0v) is 24.4. The fraction of sp³-hybridized carbons (Fsp3) is 0.483. The Labute approximate surface area is 244 Å². The molecule has 0 radical (unpaired) electrons. The third-order valence-corrected chi connectivity index (χ3v) is 6.39. The molecule has 1 fully saturated rings. The Kier molecular flexibility index (Phi) is 10.3. The van der Waals surface area contributed by atoms with Crippen LogP contribution in [0.5, 0.6) is 0 Å². The number of ether oxygens (including phenoxy) is 4. The Morgan fingerprint density at radius 2 is 1.88 bits per heavy atom. The third-order valence-electron chi connectivity index (χ3n) is 6.39. The Morgan fingerprint density at radius 1 is 1.10 bits per heavy atom. The predicted molar refractivity (Wildman–Crippen MR) is 153 cm³/mol. The quantitative estimate of drug-likeness (QED) is 0.255. The summed E-state index contributed by atoms with van der Waals surface area (Å²) in [5.41, 5.74) is 1.85. The van der Waals surface area contributed by atoms with Gasteiger partial charge in [0.25, 0.3) is 5.91 Å². The maximum absolute atomic E-state index is 13.2. The second-order valence-electron chi connectivity index (χ2n) is 10.8. The topological polar surface area (TPSA) is 148 Å². The number of methoxy groups -OCH3 is 1. The number of alkyl carbamates (subject to hydrolysis) is 1. The molecule has 0 aliphatic carbocycles. The molecule has 0 atom stereocenters. The number of carbonyl (C=O) groups is 3. The molecule has 1 saturated heterocycles. The summed E-state index contributed by atoms with van der Waals surface area (Å²) < 4.78 is 24.5. The van der Waals surface area contributed by atoms with Gasteiger partial charge < -0.3 is 29.6 Å². The van der Waals surface area contributed by atoms with Crippen molar-refractivity contribution >= 4 is 23.7 Å². The lowest BCUT2D eigenvalue weighted by molar-refractivity contribution is 0.0495. The van der Waals surface area contributed by atoms with Crippen molar-refractivity contribution < 1.29 is 33.3 Å².